The van der Waals surface area contributed by atoms with Crippen molar-refractivity contribution in [3.05, 3.63) is 58.7 Å². The average molecular weight is 554 g/mol. The number of amides is 1. The van der Waals surface area contributed by atoms with E-state index in [1.54, 1.807) is 42.6 Å². The van der Waals surface area contributed by atoms with Gasteiger partial charge in [-0.2, -0.15) is 0 Å². The van der Waals surface area contributed by atoms with Crippen LogP contribution in [0.15, 0.2) is 42.6 Å². The highest BCUT2D eigenvalue weighted by atomic mass is 35.5. The summed E-state index contributed by atoms with van der Waals surface area (Å²) >= 11 is 6.46. The van der Waals surface area contributed by atoms with E-state index in [-0.39, 0.29) is 24.7 Å². The maximum absolute atomic E-state index is 13.0. The van der Waals surface area contributed by atoms with Crippen molar-refractivity contribution >= 4 is 34.2 Å². The molecule has 0 bridgehead atoms. The molecule has 3 aromatic rings. The lowest BCUT2D eigenvalue weighted by Crippen LogP contribution is -2.34. The smallest absolute Gasteiger partial charge is 0.255 e. The van der Waals surface area contributed by atoms with E-state index in [9.17, 15) is 14.7 Å². The average Bonchev–Trinajstić information content (AvgIpc) is 3.42. The fourth-order valence-corrected chi connectivity index (χ4v) is 4.97. The first-order chi connectivity index (χ1) is 18.9. The standard InChI is InChI=1S/C30H36ClN3O5/c1-3-7-21(35)14-20-8-9-23(15-26(20)31)39-28-10-11-33-27-17-29(25(16-24(27)28)30(37)32-4-2)38-19-22(36)18-34-12-5-6-13-34/h8-11,15-17,22,36H,3-7,12-14,18-19H2,1-2H3,(H,32,37)/t22-/m1/s1. The van der Waals surface area contributed by atoms with E-state index in [0.29, 0.717) is 58.2 Å². The summed E-state index contributed by atoms with van der Waals surface area (Å²) in [7, 11) is 0. The first-order valence-electron chi connectivity index (χ1n) is 13.6. The number of Topliss-reactive ketones (excluding diaryl/α,β-unsaturated/α-hetero) is 1. The van der Waals surface area contributed by atoms with Crippen LogP contribution in [0.4, 0.5) is 0 Å². The Hall–Kier alpha value is -3.20. The zero-order valence-electron chi connectivity index (χ0n) is 22.5. The predicted molar refractivity (Wildman–Crippen MR) is 152 cm³/mol. The molecule has 0 unspecified atom stereocenters. The number of ether oxygens (including phenoxy) is 2. The van der Waals surface area contributed by atoms with Gasteiger partial charge in [-0.3, -0.25) is 14.6 Å². The van der Waals surface area contributed by atoms with Gasteiger partial charge in [0.1, 0.15) is 35.7 Å². The number of aromatic nitrogens is 1. The summed E-state index contributed by atoms with van der Waals surface area (Å²) in [5, 5.41) is 14.4. The van der Waals surface area contributed by atoms with Gasteiger partial charge >= 0.3 is 0 Å². The second-order valence-corrected chi connectivity index (χ2v) is 10.2. The maximum atomic E-state index is 13.0. The van der Waals surface area contributed by atoms with E-state index < -0.39 is 6.10 Å². The summed E-state index contributed by atoms with van der Waals surface area (Å²) < 4.78 is 12.1. The van der Waals surface area contributed by atoms with Crippen molar-refractivity contribution in [3.63, 3.8) is 0 Å². The number of rotatable bonds is 13. The number of aliphatic hydroxyl groups is 1. The summed E-state index contributed by atoms with van der Waals surface area (Å²) in [4.78, 5) is 31.7. The summed E-state index contributed by atoms with van der Waals surface area (Å²) in [5.41, 5.74) is 1.67. The Balaban J connectivity index is 1.57. The summed E-state index contributed by atoms with van der Waals surface area (Å²) in [6, 6.07) is 10.4. The first kappa shape index (κ1) is 28.8. The van der Waals surface area contributed by atoms with Gasteiger partial charge in [-0.15, -0.1) is 0 Å². The van der Waals surface area contributed by atoms with Gasteiger partial charge in [-0.1, -0.05) is 24.6 Å². The molecule has 1 saturated heterocycles. The van der Waals surface area contributed by atoms with Crippen LogP contribution in [-0.2, 0) is 11.2 Å². The Morgan fingerprint density at radius 1 is 1.13 bits per heavy atom. The Bertz CT molecular complexity index is 1310. The SMILES string of the molecule is CCCC(=O)Cc1ccc(Oc2ccnc3cc(OC[C@H](O)CN4CCCC4)c(C(=O)NCC)cc23)cc1Cl. The number of benzene rings is 2. The van der Waals surface area contributed by atoms with Gasteiger partial charge < -0.3 is 24.8 Å². The molecule has 1 aromatic heterocycles. The van der Waals surface area contributed by atoms with E-state index in [0.717, 1.165) is 37.9 Å². The second-order valence-electron chi connectivity index (χ2n) is 9.83. The van der Waals surface area contributed by atoms with E-state index in [1.165, 1.54) is 0 Å². The van der Waals surface area contributed by atoms with Gasteiger partial charge in [0.2, 0.25) is 0 Å². The number of carbonyl (C=O) groups excluding carboxylic acids is 2. The fourth-order valence-electron chi connectivity index (χ4n) is 4.73. The molecule has 2 N–H and O–H groups in total. The summed E-state index contributed by atoms with van der Waals surface area (Å²) in [5.74, 6) is 1.21. The lowest BCUT2D eigenvalue weighted by molar-refractivity contribution is -0.118. The van der Waals surface area contributed by atoms with Gasteiger partial charge in [-0.05, 0) is 69.1 Å². The number of halogens is 1. The van der Waals surface area contributed by atoms with Crippen molar-refractivity contribution < 1.29 is 24.2 Å². The minimum Gasteiger partial charge on any atom is -0.490 e. The van der Waals surface area contributed by atoms with Crippen molar-refractivity contribution in [3.8, 4) is 17.2 Å². The van der Waals surface area contributed by atoms with Crippen LogP contribution in [0.5, 0.6) is 17.2 Å². The molecule has 4 rings (SSSR count). The van der Waals surface area contributed by atoms with Gasteiger partial charge in [0.25, 0.3) is 5.91 Å². The Morgan fingerprint density at radius 3 is 2.64 bits per heavy atom. The zero-order chi connectivity index (χ0) is 27.8. The van der Waals surface area contributed by atoms with Gasteiger partial charge in [0.05, 0.1) is 11.1 Å². The molecule has 0 aliphatic carbocycles. The minimum atomic E-state index is -0.673. The van der Waals surface area contributed by atoms with E-state index in [4.69, 9.17) is 21.1 Å². The van der Waals surface area contributed by atoms with Gasteiger partial charge in [0.15, 0.2) is 0 Å². The molecule has 9 heteroatoms. The molecule has 1 aliphatic rings. The summed E-state index contributed by atoms with van der Waals surface area (Å²) in [6.07, 6.45) is 4.85. The number of ketones is 1. The quantitative estimate of drug-likeness (QED) is 0.301. The number of fused-ring (bicyclic) bond motifs is 1. The van der Waals surface area contributed by atoms with Crippen molar-refractivity contribution in [1.82, 2.24) is 15.2 Å². The molecule has 208 valence electrons. The first-order valence-corrected chi connectivity index (χ1v) is 14.0. The molecule has 39 heavy (non-hydrogen) atoms. The molecule has 0 radical (unpaired) electrons. The number of likely N-dealkylation sites (tertiary alicyclic amines) is 1. The Kier molecular flexibility index (Phi) is 10.1. The molecule has 2 aromatic carbocycles. The third kappa shape index (κ3) is 7.68. The minimum absolute atomic E-state index is 0.0657. The van der Waals surface area contributed by atoms with Gasteiger partial charge in [0, 0.05) is 48.6 Å². The highest BCUT2D eigenvalue weighted by Gasteiger charge is 2.20. The largest absolute Gasteiger partial charge is 0.490 e. The molecule has 1 amide bonds. The lowest BCUT2D eigenvalue weighted by atomic mass is 10.1. The van der Waals surface area contributed by atoms with Crippen LogP contribution in [0.3, 0.4) is 0 Å². The molecule has 2 heterocycles. The van der Waals surface area contributed by atoms with Crippen molar-refractivity contribution in [2.45, 2.75) is 52.1 Å². The highest BCUT2D eigenvalue weighted by molar-refractivity contribution is 6.31. The number of nitrogens with zero attached hydrogens (tertiary/aromatic N) is 2. The third-order valence-electron chi connectivity index (χ3n) is 6.65. The molecule has 0 saturated carbocycles. The van der Waals surface area contributed by atoms with E-state index in [1.807, 2.05) is 13.8 Å². The van der Waals surface area contributed by atoms with Crippen molar-refractivity contribution in [2.24, 2.45) is 0 Å². The molecular formula is C30H36ClN3O5. The predicted octanol–water partition coefficient (Wildman–Crippen LogP) is 5.18. The number of aliphatic hydroxyl groups excluding tert-OH is 1. The monoisotopic (exact) mass is 553 g/mol. The van der Waals surface area contributed by atoms with Crippen LogP contribution < -0.4 is 14.8 Å². The third-order valence-corrected chi connectivity index (χ3v) is 7.00. The van der Waals surface area contributed by atoms with E-state index >= 15 is 0 Å². The van der Waals surface area contributed by atoms with Gasteiger partial charge in [-0.25, -0.2) is 0 Å². The fraction of sp³-hybridized carbons (Fsp3) is 0.433. The normalized spacial score (nSPS) is 14.4. The lowest BCUT2D eigenvalue weighted by Gasteiger charge is -2.20. The number of β-amino-alcohol motifs (C(OH)–C–C–N with tert-alkyl or cyclic N) is 1. The molecule has 0 spiro atoms. The van der Waals surface area contributed by atoms with Crippen LogP contribution in [-0.4, -0.2) is 65.6 Å². The van der Waals surface area contributed by atoms with Crippen LogP contribution in [0.2, 0.25) is 5.02 Å². The van der Waals surface area contributed by atoms with Crippen molar-refractivity contribution in [2.75, 3.05) is 32.8 Å². The number of hydrogen-bond donors (Lipinski definition) is 2. The second kappa shape index (κ2) is 13.7. The maximum Gasteiger partial charge on any atom is 0.255 e. The van der Waals surface area contributed by atoms with Crippen molar-refractivity contribution in [1.29, 1.82) is 0 Å². The van der Waals surface area contributed by atoms with Crippen LogP contribution in [0, 0.1) is 0 Å². The number of carbonyl (C=O) groups is 2. The molecular weight excluding hydrogens is 518 g/mol. The number of hydrogen-bond acceptors (Lipinski definition) is 7. The molecule has 1 atom stereocenters. The number of pyridine rings is 1. The molecule has 1 aliphatic heterocycles. The highest BCUT2D eigenvalue weighted by Crippen LogP contribution is 2.35. The summed E-state index contributed by atoms with van der Waals surface area (Å²) in [6.45, 7) is 6.84. The molecule has 8 nitrogen and oxygen atoms in total. The van der Waals surface area contributed by atoms with Crippen LogP contribution in [0.25, 0.3) is 10.9 Å². The van der Waals surface area contributed by atoms with Crippen LogP contribution in [0.1, 0.15) is 55.5 Å². The van der Waals surface area contributed by atoms with Crippen LogP contribution >= 0.6 is 11.6 Å². The Morgan fingerprint density at radius 2 is 1.92 bits per heavy atom. The van der Waals surface area contributed by atoms with E-state index in [2.05, 4.69) is 15.2 Å². The zero-order valence-corrected chi connectivity index (χ0v) is 23.3. The number of nitrogens with one attached hydrogen (secondary N) is 1. The topological polar surface area (TPSA) is 101 Å². The Labute approximate surface area is 234 Å². The molecule has 1 fully saturated rings.